The van der Waals surface area contributed by atoms with E-state index in [4.69, 9.17) is 16.3 Å². The van der Waals surface area contributed by atoms with Gasteiger partial charge in [-0.15, -0.1) is 0 Å². The highest BCUT2D eigenvalue weighted by molar-refractivity contribution is 9.11. The van der Waals surface area contributed by atoms with Gasteiger partial charge in [0.2, 0.25) is 0 Å². The number of hydrogen-bond acceptors (Lipinski definition) is 2. The molecule has 0 atom stereocenters. The maximum atomic E-state index is 6.43. The Bertz CT molecular complexity index is 1110. The minimum atomic E-state index is 0.641. The minimum Gasteiger partial charge on any atom is -0.453 e. The third-order valence-corrected chi connectivity index (χ3v) is 5.75. The molecule has 3 aromatic carbocycles. The van der Waals surface area contributed by atoms with Gasteiger partial charge in [0, 0.05) is 25.7 Å². The largest absolute Gasteiger partial charge is 0.453 e. The Morgan fingerprint density at radius 1 is 0.880 bits per heavy atom. The summed E-state index contributed by atoms with van der Waals surface area (Å²) >= 11 is 16.9. The summed E-state index contributed by atoms with van der Waals surface area (Å²) in [4.78, 5) is 4.60. The van der Waals surface area contributed by atoms with Gasteiger partial charge in [-0.3, -0.25) is 4.98 Å². The Hall–Kier alpha value is -1.14. The van der Waals surface area contributed by atoms with Gasteiger partial charge in [0.1, 0.15) is 5.75 Å². The summed E-state index contributed by atoms with van der Waals surface area (Å²) in [6.45, 7) is 0. The van der Waals surface area contributed by atoms with Gasteiger partial charge in [-0.1, -0.05) is 51.8 Å². The molecule has 0 radical (unpaired) electrons. The van der Waals surface area contributed by atoms with Gasteiger partial charge in [-0.25, -0.2) is 0 Å². The molecule has 0 bridgehead atoms. The third kappa shape index (κ3) is 3.31. The predicted molar refractivity (Wildman–Crippen MR) is 114 cm³/mol. The molecule has 0 aliphatic rings. The van der Waals surface area contributed by atoms with E-state index in [1.165, 1.54) is 0 Å². The van der Waals surface area contributed by atoms with Crippen LogP contribution in [-0.4, -0.2) is 4.98 Å². The van der Waals surface area contributed by atoms with E-state index in [1.54, 1.807) is 6.20 Å². The molecule has 0 saturated heterocycles. The number of ether oxygens (including phenoxy) is 1. The fraction of sp³-hybridized carbons (Fsp3) is 0. The highest BCUT2D eigenvalue weighted by Gasteiger charge is 2.12. The molecule has 0 amide bonds. The zero-order valence-corrected chi connectivity index (χ0v) is 18.1. The van der Waals surface area contributed by atoms with Gasteiger partial charge in [0.25, 0.3) is 0 Å². The summed E-state index contributed by atoms with van der Waals surface area (Å²) in [6, 6.07) is 15.7. The van der Waals surface area contributed by atoms with Gasteiger partial charge in [0.15, 0.2) is 5.75 Å². The fourth-order valence-electron chi connectivity index (χ4n) is 2.71. The molecule has 1 heterocycles. The molecular weight excluding hydrogens is 533 g/mol. The Morgan fingerprint density at radius 2 is 1.56 bits per heavy atom. The Kier molecular flexibility index (Phi) is 4.75. The van der Waals surface area contributed by atoms with Crippen LogP contribution in [0.3, 0.4) is 0 Å². The molecule has 6 heteroatoms. The van der Waals surface area contributed by atoms with Crippen molar-refractivity contribution in [2.75, 3.05) is 0 Å². The summed E-state index contributed by atoms with van der Waals surface area (Å²) in [6.07, 6.45) is 1.73. The summed E-state index contributed by atoms with van der Waals surface area (Å²) in [7, 11) is 0. The second-order valence-electron chi connectivity index (χ2n) is 5.45. The quantitative estimate of drug-likeness (QED) is 0.239. The molecule has 4 aromatic rings. The Balaban J connectivity index is 1.84. The molecule has 4 rings (SSSR count). The third-order valence-electron chi connectivity index (χ3n) is 3.80. The highest BCUT2D eigenvalue weighted by atomic mass is 79.9. The van der Waals surface area contributed by atoms with Gasteiger partial charge >= 0.3 is 0 Å². The molecule has 0 saturated carbocycles. The molecule has 124 valence electrons. The lowest BCUT2D eigenvalue weighted by molar-refractivity contribution is 0.475. The van der Waals surface area contributed by atoms with Crippen LogP contribution >= 0.6 is 59.4 Å². The van der Waals surface area contributed by atoms with Crippen molar-refractivity contribution in [1.29, 1.82) is 0 Å². The fourth-order valence-corrected chi connectivity index (χ4v) is 5.41. The van der Waals surface area contributed by atoms with E-state index in [-0.39, 0.29) is 0 Å². The van der Waals surface area contributed by atoms with Crippen molar-refractivity contribution in [3.8, 4) is 11.5 Å². The average Bonchev–Trinajstić information content (AvgIpc) is 2.58. The summed E-state index contributed by atoms with van der Waals surface area (Å²) in [5.41, 5.74) is 0.904. The number of hydrogen-bond donors (Lipinski definition) is 0. The maximum absolute atomic E-state index is 6.43. The summed E-state index contributed by atoms with van der Waals surface area (Å²) in [5.74, 6) is 1.33. The van der Waals surface area contributed by atoms with Gasteiger partial charge in [0.05, 0.1) is 20.7 Å². The van der Waals surface area contributed by atoms with Crippen molar-refractivity contribution < 1.29 is 4.74 Å². The lowest BCUT2D eigenvalue weighted by Crippen LogP contribution is -1.90. The topological polar surface area (TPSA) is 22.1 Å². The molecule has 25 heavy (non-hydrogen) atoms. The zero-order chi connectivity index (χ0) is 17.6. The maximum Gasteiger partial charge on any atom is 0.155 e. The number of halogens is 4. The van der Waals surface area contributed by atoms with Crippen LogP contribution in [-0.2, 0) is 0 Å². The van der Waals surface area contributed by atoms with Crippen molar-refractivity contribution in [3.63, 3.8) is 0 Å². The molecule has 0 fully saturated rings. The zero-order valence-electron chi connectivity index (χ0n) is 12.6. The molecule has 0 aliphatic heterocycles. The van der Waals surface area contributed by atoms with Crippen LogP contribution in [0.2, 0.25) is 5.02 Å². The second kappa shape index (κ2) is 6.88. The van der Waals surface area contributed by atoms with Gasteiger partial charge in [-0.05, 0) is 56.1 Å². The number of rotatable bonds is 2. The Morgan fingerprint density at radius 3 is 2.28 bits per heavy atom. The molecule has 0 spiro atoms. The first-order valence-electron chi connectivity index (χ1n) is 7.32. The van der Waals surface area contributed by atoms with Crippen LogP contribution in [0.25, 0.3) is 21.7 Å². The van der Waals surface area contributed by atoms with E-state index in [2.05, 4.69) is 52.8 Å². The van der Waals surface area contributed by atoms with Crippen molar-refractivity contribution in [2.45, 2.75) is 0 Å². The van der Waals surface area contributed by atoms with Crippen molar-refractivity contribution in [2.24, 2.45) is 0 Å². The first-order chi connectivity index (χ1) is 12.0. The normalized spacial score (nSPS) is 11.2. The minimum absolute atomic E-state index is 0.641. The van der Waals surface area contributed by atoms with Crippen molar-refractivity contribution in [1.82, 2.24) is 4.98 Å². The monoisotopic (exact) mass is 539 g/mol. The first-order valence-corrected chi connectivity index (χ1v) is 10.1. The van der Waals surface area contributed by atoms with Crippen molar-refractivity contribution in [3.05, 3.63) is 73.2 Å². The SMILES string of the molecule is Clc1cc2cc(Oc3c(Br)cc(Br)cc3Br)cnc2c2ccccc12. The van der Waals surface area contributed by atoms with E-state index in [0.29, 0.717) is 16.5 Å². The lowest BCUT2D eigenvalue weighted by Gasteiger charge is -2.12. The number of fused-ring (bicyclic) bond motifs is 3. The molecule has 0 aliphatic carbocycles. The smallest absolute Gasteiger partial charge is 0.155 e. The van der Waals surface area contributed by atoms with Gasteiger partial charge in [-0.2, -0.15) is 0 Å². The molecule has 0 N–H and O–H groups in total. The predicted octanol–water partition coefficient (Wildman–Crippen LogP) is 8.12. The van der Waals surface area contributed by atoms with Crippen LogP contribution < -0.4 is 4.74 Å². The molecule has 2 nitrogen and oxygen atoms in total. The average molecular weight is 542 g/mol. The molecule has 1 aromatic heterocycles. The number of pyridine rings is 1. The second-order valence-corrected chi connectivity index (χ2v) is 8.48. The van der Waals surface area contributed by atoms with Crippen LogP contribution in [0.1, 0.15) is 0 Å². The van der Waals surface area contributed by atoms with Crippen molar-refractivity contribution >= 4 is 81.1 Å². The number of aromatic nitrogens is 1. The van der Waals surface area contributed by atoms with Crippen LogP contribution in [0, 0.1) is 0 Å². The highest BCUT2D eigenvalue weighted by Crippen LogP contribution is 2.40. The molecular formula is C19H9Br3ClNO. The van der Waals surface area contributed by atoms with E-state index >= 15 is 0 Å². The van der Waals surface area contributed by atoms with E-state index in [9.17, 15) is 0 Å². The lowest BCUT2D eigenvalue weighted by atomic mass is 10.1. The standard InChI is InChI=1S/C19H9Br3ClNO/c20-11-7-15(21)19(16(22)8-11)25-12-5-10-6-17(23)13-3-1-2-4-14(13)18(10)24-9-12/h1-9H. The van der Waals surface area contributed by atoms with E-state index in [1.807, 2.05) is 48.5 Å². The number of benzene rings is 3. The first kappa shape index (κ1) is 17.3. The van der Waals surface area contributed by atoms with E-state index in [0.717, 1.165) is 35.1 Å². The van der Waals surface area contributed by atoms with Crippen LogP contribution in [0.5, 0.6) is 11.5 Å². The molecule has 0 unspecified atom stereocenters. The summed E-state index contributed by atoms with van der Waals surface area (Å²) in [5, 5.41) is 3.66. The van der Waals surface area contributed by atoms with Crippen LogP contribution in [0.15, 0.2) is 68.1 Å². The van der Waals surface area contributed by atoms with E-state index < -0.39 is 0 Å². The summed E-state index contributed by atoms with van der Waals surface area (Å²) < 4.78 is 8.66. The van der Waals surface area contributed by atoms with Gasteiger partial charge < -0.3 is 4.74 Å². The Labute approximate surface area is 174 Å². The number of nitrogens with zero attached hydrogens (tertiary/aromatic N) is 1. The van der Waals surface area contributed by atoms with Crippen LogP contribution in [0.4, 0.5) is 0 Å².